The molecule has 2 N–H and O–H groups in total. The van der Waals surface area contributed by atoms with Gasteiger partial charge in [0.25, 0.3) is 7.82 Å². The monoisotopic (exact) mass is 464 g/mol. The molecule has 172 valence electrons. The molecule has 2 unspecified atom stereocenters. The number of hydrogen-bond acceptors (Lipinski definition) is 10. The molecular weight excluding hydrogens is 430 g/mol. The maximum absolute atomic E-state index is 11.9. The Morgan fingerprint density at radius 2 is 1.47 bits per heavy atom. The van der Waals surface area contributed by atoms with Crippen LogP contribution in [0.15, 0.2) is 0 Å². The van der Waals surface area contributed by atoms with Crippen LogP contribution in [0.5, 0.6) is 0 Å². The molecule has 0 amide bonds. The van der Waals surface area contributed by atoms with Crippen molar-refractivity contribution in [3.8, 4) is 0 Å². The van der Waals surface area contributed by atoms with Crippen molar-refractivity contribution in [3.05, 3.63) is 0 Å². The number of unbranched alkanes of at least 4 members (excludes halogenated alkanes) is 4. The Morgan fingerprint density at radius 3 is 2.00 bits per heavy atom. The molecule has 12 heteroatoms. The summed E-state index contributed by atoms with van der Waals surface area (Å²) in [5.41, 5.74) is 0. The summed E-state index contributed by atoms with van der Waals surface area (Å²) in [6.07, 6.45) is 2.77. The van der Waals surface area contributed by atoms with Crippen LogP contribution in [0.4, 0.5) is 0 Å². The molecule has 0 bridgehead atoms. The molecule has 0 aliphatic heterocycles. The fourth-order valence-electron chi connectivity index (χ4n) is 2.10. The largest absolute Gasteiger partial charge is 1.00 e. The van der Waals surface area contributed by atoms with Crippen molar-refractivity contribution >= 4 is 19.8 Å². The first kappa shape index (κ1) is 32.2. The molecule has 3 atom stereocenters. The van der Waals surface area contributed by atoms with Crippen molar-refractivity contribution in [2.45, 2.75) is 77.4 Å². The normalized spacial score (nSPS) is 14.8. The summed E-state index contributed by atoms with van der Waals surface area (Å²) in [5, 5.41) is 17.8. The predicted octanol–water partition coefficient (Wildman–Crippen LogP) is -1.54. The second kappa shape index (κ2) is 19.6. The number of aliphatic hydroxyl groups excluding tert-OH is 2. The third-order valence-corrected chi connectivity index (χ3v) is 4.68. The zero-order valence-electron chi connectivity index (χ0n) is 18.2. The number of carbonyl (C=O) groups excluding carboxylic acids is 2. The summed E-state index contributed by atoms with van der Waals surface area (Å²) >= 11 is 0. The molecule has 0 aliphatic carbocycles. The van der Waals surface area contributed by atoms with Gasteiger partial charge >= 0.3 is 41.5 Å². The van der Waals surface area contributed by atoms with Crippen LogP contribution in [0.25, 0.3) is 0 Å². The molecule has 0 rings (SSSR count). The molecule has 0 aliphatic rings. The molecule has 0 aromatic heterocycles. The minimum absolute atomic E-state index is 0. The molecule has 0 fully saturated rings. The van der Waals surface area contributed by atoms with Crippen LogP contribution >= 0.6 is 7.82 Å². The quantitative estimate of drug-likeness (QED) is 0.106. The van der Waals surface area contributed by atoms with Crippen LogP contribution < -0.4 is 34.5 Å². The predicted molar refractivity (Wildman–Crippen MR) is 102 cm³/mol. The van der Waals surface area contributed by atoms with Crippen LogP contribution in [-0.2, 0) is 32.7 Å². The van der Waals surface area contributed by atoms with Crippen LogP contribution in [0, 0.1) is 0 Å². The maximum atomic E-state index is 11.9. The molecule has 0 aromatic rings. The second-order valence-electron chi connectivity index (χ2n) is 6.58. The average Bonchev–Trinajstić information content (AvgIpc) is 2.68. The summed E-state index contributed by atoms with van der Waals surface area (Å²) in [7, 11) is -4.80. The molecule has 0 radical (unpaired) electrons. The van der Waals surface area contributed by atoms with Gasteiger partial charge in [0, 0.05) is 12.8 Å². The number of phosphoric acid groups is 1. The molecule has 0 saturated carbocycles. The van der Waals surface area contributed by atoms with Gasteiger partial charge in [-0.05, 0) is 12.8 Å². The Hall–Kier alpha value is -0.0300. The number of carbonyl (C=O) groups is 2. The molecule has 0 spiro atoms. The van der Waals surface area contributed by atoms with Gasteiger partial charge in [0.05, 0.1) is 19.8 Å². The van der Waals surface area contributed by atoms with Crippen LogP contribution in [0.2, 0.25) is 0 Å². The third kappa shape index (κ3) is 18.7. The van der Waals surface area contributed by atoms with E-state index in [1.165, 1.54) is 0 Å². The van der Waals surface area contributed by atoms with Crippen molar-refractivity contribution in [1.82, 2.24) is 0 Å². The van der Waals surface area contributed by atoms with E-state index in [9.17, 15) is 19.0 Å². The second-order valence-corrected chi connectivity index (χ2v) is 8.00. The Morgan fingerprint density at radius 1 is 0.933 bits per heavy atom. The number of aliphatic hydroxyl groups is 2. The van der Waals surface area contributed by atoms with Crippen molar-refractivity contribution in [1.29, 1.82) is 0 Å². The van der Waals surface area contributed by atoms with Crippen molar-refractivity contribution in [3.63, 3.8) is 0 Å². The summed E-state index contributed by atoms with van der Waals surface area (Å²) in [5.74, 6) is -1.02. The van der Waals surface area contributed by atoms with Gasteiger partial charge in [-0.25, -0.2) is 0 Å². The number of rotatable bonds is 18. The Kier molecular flexibility index (Phi) is 21.0. The third-order valence-electron chi connectivity index (χ3n) is 3.75. The van der Waals surface area contributed by atoms with Gasteiger partial charge in [0.15, 0.2) is 6.10 Å². The number of phosphoric ester groups is 1. The first-order valence-corrected chi connectivity index (χ1v) is 11.4. The maximum Gasteiger partial charge on any atom is 1.00 e. The van der Waals surface area contributed by atoms with E-state index >= 15 is 0 Å². The fraction of sp³-hybridized carbons (Fsp3) is 0.889. The van der Waals surface area contributed by atoms with E-state index in [4.69, 9.17) is 19.7 Å². The molecule has 10 nitrogen and oxygen atoms in total. The molecule has 0 aromatic carbocycles. The first-order chi connectivity index (χ1) is 13.7. The van der Waals surface area contributed by atoms with Crippen LogP contribution in [0.1, 0.15) is 65.2 Å². The standard InChI is InChI=1S/C18H35O10P.Na/c1-3-5-7-9-17(21)25-13-16(28-18(22)10-8-6-4-2)14-27-29(23,24)26-12-15(20)11-19;/h15-16,19-20H,3-14H2,1-2H3,(H,23,24);/q;+1/p-1/t15?,16-;/m1./s1. The van der Waals surface area contributed by atoms with Gasteiger partial charge in [0.1, 0.15) is 12.7 Å². The zero-order valence-corrected chi connectivity index (χ0v) is 21.1. The fourth-order valence-corrected chi connectivity index (χ4v) is 2.88. The number of hydrogen-bond donors (Lipinski definition) is 2. The average molecular weight is 464 g/mol. The van der Waals surface area contributed by atoms with E-state index in [1.807, 2.05) is 13.8 Å². The van der Waals surface area contributed by atoms with Crippen LogP contribution in [-0.4, -0.2) is 60.8 Å². The van der Waals surface area contributed by atoms with E-state index in [-0.39, 0.29) is 49.0 Å². The van der Waals surface area contributed by atoms with Crippen molar-refractivity contribution in [2.75, 3.05) is 26.4 Å². The number of ether oxygens (including phenoxy) is 2. The minimum Gasteiger partial charge on any atom is -0.756 e. The van der Waals surface area contributed by atoms with E-state index in [0.29, 0.717) is 12.8 Å². The molecule has 0 saturated heterocycles. The Balaban J connectivity index is 0. The molecular formula is C18H34NaO10P. The summed E-state index contributed by atoms with van der Waals surface area (Å²) in [6, 6.07) is 0. The minimum atomic E-state index is -4.80. The Bertz CT molecular complexity index is 505. The van der Waals surface area contributed by atoms with Gasteiger partial charge in [-0.15, -0.1) is 0 Å². The van der Waals surface area contributed by atoms with Crippen molar-refractivity contribution < 1.29 is 77.3 Å². The van der Waals surface area contributed by atoms with Gasteiger partial charge in [0.2, 0.25) is 0 Å². The van der Waals surface area contributed by atoms with Gasteiger partial charge in [-0.1, -0.05) is 39.5 Å². The summed E-state index contributed by atoms with van der Waals surface area (Å²) in [4.78, 5) is 35.3. The summed E-state index contributed by atoms with van der Waals surface area (Å²) in [6.45, 7) is 1.69. The van der Waals surface area contributed by atoms with Crippen LogP contribution in [0.3, 0.4) is 0 Å². The first-order valence-electron chi connectivity index (χ1n) is 9.98. The van der Waals surface area contributed by atoms with E-state index in [1.54, 1.807) is 0 Å². The van der Waals surface area contributed by atoms with Gasteiger partial charge in [-0.3, -0.25) is 14.2 Å². The Labute approximate surface area is 200 Å². The zero-order chi connectivity index (χ0) is 22.1. The molecule has 30 heavy (non-hydrogen) atoms. The SMILES string of the molecule is CCCCCC(=O)OC[C@H](COP(=O)([O-])OCC(O)CO)OC(=O)CCCCC.[Na+]. The molecule has 0 heterocycles. The van der Waals surface area contributed by atoms with E-state index < -0.39 is 51.8 Å². The van der Waals surface area contributed by atoms with Crippen molar-refractivity contribution in [2.24, 2.45) is 0 Å². The van der Waals surface area contributed by atoms with Gasteiger partial charge < -0.3 is 33.6 Å². The van der Waals surface area contributed by atoms with Gasteiger partial charge in [-0.2, -0.15) is 0 Å². The topological polar surface area (TPSA) is 152 Å². The summed E-state index contributed by atoms with van der Waals surface area (Å²) < 4.78 is 31.0. The van der Waals surface area contributed by atoms with E-state index in [2.05, 4.69) is 9.05 Å². The number of esters is 2. The smallest absolute Gasteiger partial charge is 0.756 e. The van der Waals surface area contributed by atoms with E-state index in [0.717, 1.165) is 25.7 Å².